The summed E-state index contributed by atoms with van der Waals surface area (Å²) in [5.41, 5.74) is 1.70. The van der Waals surface area contributed by atoms with Crippen molar-refractivity contribution in [1.29, 1.82) is 0 Å². The number of hydrogen-bond acceptors (Lipinski definition) is 2. The van der Waals surface area contributed by atoms with Gasteiger partial charge < -0.3 is 5.11 Å². The van der Waals surface area contributed by atoms with E-state index in [0.717, 1.165) is 17.7 Å². The Bertz CT molecular complexity index is 360. The minimum Gasteiger partial charge on any atom is -0.388 e. The van der Waals surface area contributed by atoms with Crippen LogP contribution < -0.4 is 0 Å². The zero-order valence-electron chi connectivity index (χ0n) is 10.7. The van der Waals surface area contributed by atoms with Crippen LogP contribution in [0.2, 0.25) is 5.15 Å². The van der Waals surface area contributed by atoms with Gasteiger partial charge in [-0.1, -0.05) is 45.7 Å². The fourth-order valence-corrected chi connectivity index (χ4v) is 1.99. The number of hydrogen-bond donors (Lipinski definition) is 1. The number of aliphatic hydroxyl groups excluding tert-OH is 1. The lowest BCUT2D eigenvalue weighted by atomic mass is 9.93. The van der Waals surface area contributed by atoms with Crippen LogP contribution in [-0.4, -0.2) is 14.9 Å². The SMILES string of the molecule is CCC(C)C(O)c1c(C(C)C)nn(C)c1Cl. The molecule has 2 unspecified atom stereocenters. The second-order valence-electron chi connectivity index (χ2n) is 4.70. The largest absolute Gasteiger partial charge is 0.388 e. The van der Waals surface area contributed by atoms with Crippen molar-refractivity contribution in [3.63, 3.8) is 0 Å². The van der Waals surface area contributed by atoms with Crippen molar-refractivity contribution in [2.45, 2.75) is 46.1 Å². The number of rotatable bonds is 4. The lowest BCUT2D eigenvalue weighted by molar-refractivity contribution is 0.114. The van der Waals surface area contributed by atoms with Crippen LogP contribution in [0.1, 0.15) is 57.4 Å². The van der Waals surface area contributed by atoms with Gasteiger partial charge in [-0.2, -0.15) is 5.10 Å². The molecule has 0 aliphatic rings. The van der Waals surface area contributed by atoms with Crippen LogP contribution in [0, 0.1) is 5.92 Å². The Kier molecular flexibility index (Phi) is 4.39. The van der Waals surface area contributed by atoms with E-state index < -0.39 is 6.10 Å². The predicted octanol–water partition coefficient (Wildman–Crippen LogP) is 3.28. The molecule has 1 N–H and O–H groups in total. The second-order valence-corrected chi connectivity index (χ2v) is 5.06. The summed E-state index contributed by atoms with van der Waals surface area (Å²) in [6.07, 6.45) is 0.396. The average molecular weight is 245 g/mol. The van der Waals surface area contributed by atoms with Crippen LogP contribution in [0.3, 0.4) is 0 Å². The standard InChI is InChI=1S/C12H21ClN2O/c1-6-8(4)11(16)9-10(7(2)3)14-15(5)12(9)13/h7-8,11,16H,6H2,1-5H3. The van der Waals surface area contributed by atoms with Gasteiger partial charge in [-0.3, -0.25) is 4.68 Å². The van der Waals surface area contributed by atoms with Gasteiger partial charge >= 0.3 is 0 Å². The van der Waals surface area contributed by atoms with Crippen LogP contribution in [-0.2, 0) is 7.05 Å². The molecular weight excluding hydrogens is 224 g/mol. The Morgan fingerprint density at radius 1 is 1.38 bits per heavy atom. The van der Waals surface area contributed by atoms with E-state index in [-0.39, 0.29) is 11.8 Å². The highest BCUT2D eigenvalue weighted by Crippen LogP contribution is 2.35. The maximum atomic E-state index is 10.3. The number of aliphatic hydroxyl groups is 1. The molecule has 1 rings (SSSR count). The Morgan fingerprint density at radius 3 is 2.38 bits per heavy atom. The molecule has 0 radical (unpaired) electrons. The maximum absolute atomic E-state index is 10.3. The van der Waals surface area contributed by atoms with Crippen LogP contribution in [0.15, 0.2) is 0 Å². The van der Waals surface area contributed by atoms with Gasteiger partial charge in [0.25, 0.3) is 0 Å². The monoisotopic (exact) mass is 244 g/mol. The lowest BCUT2D eigenvalue weighted by Gasteiger charge is -2.18. The number of aromatic nitrogens is 2. The summed E-state index contributed by atoms with van der Waals surface area (Å²) in [4.78, 5) is 0. The van der Waals surface area contributed by atoms with E-state index in [9.17, 15) is 5.11 Å². The minimum atomic E-state index is -0.524. The highest BCUT2D eigenvalue weighted by Gasteiger charge is 2.26. The third-order valence-corrected chi connectivity index (χ3v) is 3.51. The molecule has 1 aromatic heterocycles. The third kappa shape index (κ3) is 2.41. The van der Waals surface area contributed by atoms with Gasteiger partial charge in [-0.05, 0) is 11.8 Å². The van der Waals surface area contributed by atoms with Crippen LogP contribution in [0.25, 0.3) is 0 Å². The molecule has 0 aliphatic carbocycles. The summed E-state index contributed by atoms with van der Waals surface area (Å²) >= 11 is 6.19. The molecule has 3 nitrogen and oxygen atoms in total. The second kappa shape index (κ2) is 5.19. The zero-order valence-corrected chi connectivity index (χ0v) is 11.4. The fraction of sp³-hybridized carbons (Fsp3) is 0.750. The van der Waals surface area contributed by atoms with Gasteiger partial charge in [0.15, 0.2) is 0 Å². The minimum absolute atomic E-state index is 0.194. The first-order valence-corrected chi connectivity index (χ1v) is 6.18. The van der Waals surface area contributed by atoms with Crippen molar-refractivity contribution in [1.82, 2.24) is 9.78 Å². The quantitative estimate of drug-likeness (QED) is 0.883. The maximum Gasteiger partial charge on any atom is 0.132 e. The molecule has 1 aromatic rings. The molecule has 0 aromatic carbocycles. The first kappa shape index (κ1) is 13.5. The van der Waals surface area contributed by atoms with E-state index in [1.165, 1.54) is 0 Å². The molecule has 4 heteroatoms. The molecule has 1 heterocycles. The Morgan fingerprint density at radius 2 is 1.94 bits per heavy atom. The van der Waals surface area contributed by atoms with Crippen molar-refractivity contribution in [2.24, 2.45) is 13.0 Å². The highest BCUT2D eigenvalue weighted by atomic mass is 35.5. The van der Waals surface area contributed by atoms with Gasteiger partial charge in [0.1, 0.15) is 5.15 Å². The van der Waals surface area contributed by atoms with Crippen LogP contribution in [0.5, 0.6) is 0 Å². The van der Waals surface area contributed by atoms with E-state index in [0.29, 0.717) is 5.15 Å². The third-order valence-electron chi connectivity index (χ3n) is 3.07. The van der Waals surface area contributed by atoms with Crippen LogP contribution in [0.4, 0.5) is 0 Å². The van der Waals surface area contributed by atoms with Crippen molar-refractivity contribution in [3.8, 4) is 0 Å². The van der Waals surface area contributed by atoms with Crippen molar-refractivity contribution in [3.05, 3.63) is 16.4 Å². The van der Waals surface area contributed by atoms with E-state index >= 15 is 0 Å². The lowest BCUT2D eigenvalue weighted by Crippen LogP contribution is -2.10. The van der Waals surface area contributed by atoms with E-state index in [2.05, 4.69) is 25.9 Å². The zero-order chi connectivity index (χ0) is 12.5. The van der Waals surface area contributed by atoms with E-state index in [1.807, 2.05) is 6.92 Å². The Hall–Kier alpha value is -0.540. The first-order valence-electron chi connectivity index (χ1n) is 5.80. The molecule has 92 valence electrons. The summed E-state index contributed by atoms with van der Waals surface area (Å²) in [5, 5.41) is 15.2. The van der Waals surface area contributed by atoms with Gasteiger partial charge in [-0.25, -0.2) is 0 Å². The van der Waals surface area contributed by atoms with Crippen molar-refractivity contribution in [2.75, 3.05) is 0 Å². The molecule has 0 saturated heterocycles. The highest BCUT2D eigenvalue weighted by molar-refractivity contribution is 6.30. The van der Waals surface area contributed by atoms with Gasteiger partial charge in [0, 0.05) is 12.6 Å². The Labute approximate surface area is 102 Å². The van der Waals surface area contributed by atoms with Crippen molar-refractivity contribution >= 4 is 11.6 Å². The normalized spacial score (nSPS) is 15.5. The smallest absolute Gasteiger partial charge is 0.132 e. The topological polar surface area (TPSA) is 38.1 Å². The fourth-order valence-electron chi connectivity index (χ4n) is 1.75. The summed E-state index contributed by atoms with van der Waals surface area (Å²) in [6.45, 7) is 8.21. The van der Waals surface area contributed by atoms with Crippen molar-refractivity contribution < 1.29 is 5.11 Å². The molecule has 16 heavy (non-hydrogen) atoms. The van der Waals surface area contributed by atoms with E-state index in [1.54, 1.807) is 11.7 Å². The predicted molar refractivity (Wildman–Crippen MR) is 66.7 cm³/mol. The number of aryl methyl sites for hydroxylation is 1. The molecule has 0 bridgehead atoms. The summed E-state index contributed by atoms with van der Waals surface area (Å²) in [6, 6.07) is 0. The average Bonchev–Trinajstić information content (AvgIpc) is 2.54. The molecular formula is C12H21ClN2O. The molecule has 2 atom stereocenters. The van der Waals surface area contributed by atoms with Crippen LogP contribution >= 0.6 is 11.6 Å². The number of nitrogens with zero attached hydrogens (tertiary/aromatic N) is 2. The molecule has 0 amide bonds. The van der Waals surface area contributed by atoms with Gasteiger partial charge in [0.2, 0.25) is 0 Å². The first-order chi connectivity index (χ1) is 7.40. The van der Waals surface area contributed by atoms with Gasteiger partial charge in [-0.15, -0.1) is 0 Å². The molecule has 0 fully saturated rings. The summed E-state index contributed by atoms with van der Waals surface area (Å²) in [7, 11) is 1.81. The molecule has 0 saturated carbocycles. The summed E-state index contributed by atoms with van der Waals surface area (Å²) in [5.74, 6) is 0.464. The van der Waals surface area contributed by atoms with Gasteiger partial charge in [0.05, 0.1) is 11.8 Å². The van der Waals surface area contributed by atoms with E-state index in [4.69, 9.17) is 11.6 Å². The summed E-state index contributed by atoms with van der Waals surface area (Å²) < 4.78 is 1.64. The number of halogens is 1. The molecule has 0 spiro atoms. The molecule has 0 aliphatic heterocycles. The Balaban J connectivity index is 3.19.